The van der Waals surface area contributed by atoms with E-state index in [0.29, 0.717) is 35.7 Å². The van der Waals surface area contributed by atoms with E-state index >= 15 is 0 Å². The summed E-state index contributed by atoms with van der Waals surface area (Å²) in [5.74, 6) is -0.438. The van der Waals surface area contributed by atoms with Crippen molar-refractivity contribution in [1.29, 1.82) is 0 Å². The zero-order chi connectivity index (χ0) is 26.2. The Labute approximate surface area is 211 Å². The van der Waals surface area contributed by atoms with Crippen molar-refractivity contribution in [1.82, 2.24) is 14.8 Å². The molecular weight excluding hydrogens is 464 g/mol. The van der Waals surface area contributed by atoms with Gasteiger partial charge in [-0.3, -0.25) is 19.4 Å². The van der Waals surface area contributed by atoms with E-state index < -0.39 is 0 Å². The van der Waals surface area contributed by atoms with Crippen LogP contribution in [0.25, 0.3) is 0 Å². The second kappa shape index (κ2) is 12.5. The molecule has 1 aliphatic rings. The van der Waals surface area contributed by atoms with Crippen LogP contribution < -0.4 is 10.1 Å². The van der Waals surface area contributed by atoms with Gasteiger partial charge in [-0.15, -0.1) is 0 Å². The van der Waals surface area contributed by atoms with Crippen LogP contribution in [0.15, 0.2) is 42.7 Å². The highest BCUT2D eigenvalue weighted by Crippen LogP contribution is 2.27. The van der Waals surface area contributed by atoms with E-state index in [4.69, 9.17) is 14.2 Å². The number of likely N-dealkylation sites (N-methyl/N-ethyl adjacent to an activating group) is 1. The highest BCUT2D eigenvalue weighted by Gasteiger charge is 2.31. The molecule has 3 rings (SSSR count). The van der Waals surface area contributed by atoms with Crippen LogP contribution in [0.2, 0.25) is 0 Å². The average molecular weight is 499 g/mol. The lowest BCUT2D eigenvalue weighted by molar-refractivity contribution is -0.119. The second-order valence-electron chi connectivity index (χ2n) is 8.98. The summed E-state index contributed by atoms with van der Waals surface area (Å²) < 4.78 is 16.7. The molecule has 0 fully saturated rings. The number of rotatable bonds is 5. The number of pyridine rings is 1. The Morgan fingerprint density at radius 3 is 2.53 bits per heavy atom. The highest BCUT2D eigenvalue weighted by atomic mass is 16.5. The number of anilines is 1. The van der Waals surface area contributed by atoms with E-state index in [9.17, 15) is 14.4 Å². The summed E-state index contributed by atoms with van der Waals surface area (Å²) in [4.78, 5) is 46.2. The monoisotopic (exact) mass is 498 g/mol. The van der Waals surface area contributed by atoms with Crippen LogP contribution in [0.3, 0.4) is 0 Å². The average Bonchev–Trinajstić information content (AvgIpc) is 2.88. The van der Waals surface area contributed by atoms with Crippen molar-refractivity contribution in [3.8, 4) is 5.75 Å². The molecule has 2 aromatic rings. The third-order valence-electron chi connectivity index (χ3n) is 6.19. The number of fused-ring (bicyclic) bond motifs is 1. The predicted molar refractivity (Wildman–Crippen MR) is 134 cm³/mol. The van der Waals surface area contributed by atoms with Gasteiger partial charge < -0.3 is 29.3 Å². The zero-order valence-electron chi connectivity index (χ0n) is 21.4. The van der Waals surface area contributed by atoms with E-state index in [-0.39, 0.29) is 49.0 Å². The van der Waals surface area contributed by atoms with Crippen molar-refractivity contribution in [3.05, 3.63) is 53.9 Å². The highest BCUT2D eigenvalue weighted by molar-refractivity contribution is 5.99. The van der Waals surface area contributed by atoms with Crippen molar-refractivity contribution in [2.24, 2.45) is 5.92 Å². The molecule has 2 heterocycles. The molecule has 0 radical (unpaired) electrons. The number of carbonyl (C=O) groups excluding carboxylic acids is 3. The molecule has 0 bridgehead atoms. The number of benzene rings is 1. The number of nitrogens with zero attached hydrogens (tertiary/aromatic N) is 3. The lowest BCUT2D eigenvalue weighted by Gasteiger charge is -2.36. The maximum absolute atomic E-state index is 13.4. The van der Waals surface area contributed by atoms with Gasteiger partial charge in [0.25, 0.3) is 11.8 Å². The van der Waals surface area contributed by atoms with Gasteiger partial charge in [0, 0.05) is 63.9 Å². The quantitative estimate of drug-likeness (QED) is 0.674. The normalized spacial score (nSPS) is 21.0. The molecule has 1 N–H and O–H groups in total. The van der Waals surface area contributed by atoms with Gasteiger partial charge in [-0.25, -0.2) is 0 Å². The summed E-state index contributed by atoms with van der Waals surface area (Å²) in [6.45, 7) is 4.70. The van der Waals surface area contributed by atoms with Crippen LogP contribution in [0.4, 0.5) is 5.69 Å². The molecule has 0 unspecified atom stereocenters. The molecule has 36 heavy (non-hydrogen) atoms. The van der Waals surface area contributed by atoms with Crippen LogP contribution in [-0.4, -0.2) is 92.2 Å². The van der Waals surface area contributed by atoms with E-state index in [1.807, 2.05) is 13.8 Å². The number of methoxy groups -OCH3 is 2. The summed E-state index contributed by atoms with van der Waals surface area (Å²) in [6, 6.07) is 7.97. The Morgan fingerprint density at radius 2 is 1.86 bits per heavy atom. The Morgan fingerprint density at radius 1 is 1.14 bits per heavy atom. The van der Waals surface area contributed by atoms with Crippen LogP contribution >= 0.6 is 0 Å². The fraction of sp³-hybridized carbons (Fsp3) is 0.462. The van der Waals surface area contributed by atoms with Crippen molar-refractivity contribution >= 4 is 23.4 Å². The number of aromatic nitrogens is 1. The Hall–Kier alpha value is -3.50. The van der Waals surface area contributed by atoms with E-state index in [2.05, 4.69) is 10.3 Å². The molecule has 3 amide bonds. The lowest BCUT2D eigenvalue weighted by Crippen LogP contribution is -2.48. The van der Waals surface area contributed by atoms with Crippen LogP contribution in [0.1, 0.15) is 34.6 Å². The second-order valence-corrected chi connectivity index (χ2v) is 8.98. The minimum Gasteiger partial charge on any atom is -0.491 e. The Kier molecular flexibility index (Phi) is 9.38. The van der Waals surface area contributed by atoms with Gasteiger partial charge in [0.1, 0.15) is 19.0 Å². The van der Waals surface area contributed by atoms with Gasteiger partial charge in [0.2, 0.25) is 5.91 Å². The smallest absolute Gasteiger partial charge is 0.257 e. The van der Waals surface area contributed by atoms with Crippen molar-refractivity contribution in [2.45, 2.75) is 26.0 Å². The Balaban J connectivity index is 1.96. The van der Waals surface area contributed by atoms with Gasteiger partial charge in [-0.1, -0.05) is 6.92 Å². The fourth-order valence-electron chi connectivity index (χ4n) is 4.13. The van der Waals surface area contributed by atoms with Crippen molar-refractivity contribution in [2.75, 3.05) is 52.9 Å². The van der Waals surface area contributed by atoms with Crippen molar-refractivity contribution in [3.63, 3.8) is 0 Å². The summed E-state index contributed by atoms with van der Waals surface area (Å²) >= 11 is 0. The molecule has 1 aromatic heterocycles. The third kappa shape index (κ3) is 6.58. The maximum Gasteiger partial charge on any atom is 0.257 e. The van der Waals surface area contributed by atoms with Gasteiger partial charge in [0.05, 0.1) is 17.7 Å². The van der Waals surface area contributed by atoms with Gasteiger partial charge in [-0.2, -0.15) is 0 Å². The fourth-order valence-corrected chi connectivity index (χ4v) is 4.13. The molecule has 3 atom stereocenters. The first-order chi connectivity index (χ1) is 17.2. The predicted octanol–water partition coefficient (Wildman–Crippen LogP) is 2.31. The number of hydrogen-bond acceptors (Lipinski definition) is 7. The standard InChI is InChI=1S/C26H34N4O6/c1-17-13-30(25(32)19-8-10-27-11-9-19)18(2)15-36-22-7-6-20(28-24(31)16-34-4)12-21(22)26(33)29(3)14-23(17)35-5/h6-12,17-18,23H,13-16H2,1-5H3,(H,28,31)/t17-,18-,23-/m0/s1. The molecule has 10 nitrogen and oxygen atoms in total. The molecule has 1 aromatic carbocycles. The number of nitrogens with one attached hydrogen (secondary N) is 1. The molecular formula is C26H34N4O6. The largest absolute Gasteiger partial charge is 0.491 e. The molecule has 194 valence electrons. The van der Waals surface area contributed by atoms with Crippen molar-refractivity contribution < 1.29 is 28.6 Å². The SMILES string of the molecule is COCC(=O)Nc1ccc2c(c1)C(=O)N(C)C[C@H](OC)[C@@H](C)CN(C(=O)c1ccncc1)[C@@H](C)CO2. The molecule has 0 spiro atoms. The summed E-state index contributed by atoms with van der Waals surface area (Å²) in [5, 5.41) is 2.72. The first-order valence-electron chi connectivity index (χ1n) is 11.8. The van der Waals surface area contributed by atoms with E-state index in [1.165, 1.54) is 7.11 Å². The number of hydrogen-bond donors (Lipinski definition) is 1. The zero-order valence-corrected chi connectivity index (χ0v) is 21.4. The topological polar surface area (TPSA) is 110 Å². The summed E-state index contributed by atoms with van der Waals surface area (Å²) in [6.07, 6.45) is 2.87. The number of amides is 3. The van der Waals surface area contributed by atoms with E-state index in [1.54, 1.807) is 66.7 Å². The third-order valence-corrected chi connectivity index (χ3v) is 6.19. The molecule has 0 aliphatic carbocycles. The maximum atomic E-state index is 13.4. The molecule has 0 saturated heterocycles. The molecule has 1 aliphatic heterocycles. The molecule has 10 heteroatoms. The van der Waals surface area contributed by atoms with Crippen LogP contribution in [0, 0.1) is 5.92 Å². The van der Waals surface area contributed by atoms with Crippen LogP contribution in [-0.2, 0) is 14.3 Å². The van der Waals surface area contributed by atoms with E-state index in [0.717, 1.165) is 0 Å². The van der Waals surface area contributed by atoms with Gasteiger partial charge in [0.15, 0.2) is 0 Å². The summed E-state index contributed by atoms with van der Waals surface area (Å²) in [5.41, 5.74) is 1.29. The van der Waals surface area contributed by atoms with Gasteiger partial charge >= 0.3 is 0 Å². The number of ether oxygens (including phenoxy) is 3. The first kappa shape index (κ1) is 27.1. The minimum absolute atomic E-state index is 0.0722. The van der Waals surface area contributed by atoms with Gasteiger partial charge in [-0.05, 0) is 37.3 Å². The summed E-state index contributed by atoms with van der Waals surface area (Å²) in [7, 11) is 4.72. The first-order valence-corrected chi connectivity index (χ1v) is 11.8. The number of carbonyl (C=O) groups is 3. The Bertz CT molecular complexity index is 1060. The molecule has 0 saturated carbocycles. The lowest BCUT2D eigenvalue weighted by atomic mass is 10.0. The van der Waals surface area contributed by atoms with Crippen LogP contribution in [0.5, 0.6) is 5.75 Å². The minimum atomic E-state index is -0.334.